The Morgan fingerprint density at radius 2 is 1.59 bits per heavy atom. The van der Waals surface area contributed by atoms with E-state index in [0.29, 0.717) is 23.3 Å². The monoisotopic (exact) mass is 541 g/mol. The zero-order chi connectivity index (χ0) is 28.2. The van der Waals surface area contributed by atoms with Gasteiger partial charge in [-0.1, -0.05) is 30.3 Å². The van der Waals surface area contributed by atoms with Crippen LogP contribution in [0.3, 0.4) is 0 Å². The van der Waals surface area contributed by atoms with Crippen molar-refractivity contribution in [2.24, 2.45) is 9.98 Å². The van der Waals surface area contributed by atoms with Gasteiger partial charge in [0.25, 0.3) is 0 Å². The third kappa shape index (κ3) is 4.10. The number of nitrogens with one attached hydrogen (secondary N) is 1. The van der Waals surface area contributed by atoms with Gasteiger partial charge in [0.1, 0.15) is 0 Å². The number of nitrogens with zero attached hydrogens (tertiary/aromatic N) is 6. The molecule has 9 heteroatoms. The number of aliphatic imine (C=N–C) groups is 2. The van der Waals surface area contributed by atoms with E-state index in [0.717, 1.165) is 45.0 Å². The molecule has 1 atom stereocenters. The highest BCUT2D eigenvalue weighted by molar-refractivity contribution is 6.51. The Labute approximate surface area is 236 Å². The van der Waals surface area contributed by atoms with Gasteiger partial charge in [0.05, 0.1) is 23.1 Å². The van der Waals surface area contributed by atoms with Crippen LogP contribution in [0.5, 0.6) is 11.5 Å². The normalized spacial score (nSPS) is 15.4. The zero-order valence-corrected chi connectivity index (χ0v) is 22.7. The minimum absolute atomic E-state index is 0.183. The van der Waals surface area contributed by atoms with Crippen LogP contribution in [0.2, 0.25) is 0 Å². The van der Waals surface area contributed by atoms with Crippen molar-refractivity contribution in [3.63, 3.8) is 0 Å². The molecule has 3 N–H and O–H groups in total. The predicted molar refractivity (Wildman–Crippen MR) is 160 cm³/mol. The number of pyridine rings is 1. The third-order valence-electron chi connectivity index (χ3n) is 7.30. The SMILES string of the molecule is Cc1cc(C)cc(NC2=Nc3ccccc3N3C2=Nc2c(c(C)nn2-c2ccccn2)[C@H]3c2ccc(O)c(O)c2)c1. The molecule has 0 unspecified atom stereocenters. The van der Waals surface area contributed by atoms with Crippen LogP contribution < -0.4 is 10.2 Å². The van der Waals surface area contributed by atoms with Gasteiger partial charge in [0, 0.05) is 17.4 Å². The van der Waals surface area contributed by atoms with Crippen molar-refractivity contribution in [1.29, 1.82) is 0 Å². The second-order valence-corrected chi connectivity index (χ2v) is 10.3. The quantitative estimate of drug-likeness (QED) is 0.228. The van der Waals surface area contributed by atoms with Crippen molar-refractivity contribution in [1.82, 2.24) is 14.8 Å². The summed E-state index contributed by atoms with van der Waals surface area (Å²) in [5.74, 6) is 2.06. The number of phenols is 2. The number of benzene rings is 3. The fourth-order valence-corrected chi connectivity index (χ4v) is 5.65. The molecule has 7 rings (SSSR count). The van der Waals surface area contributed by atoms with Gasteiger partial charge in [-0.3, -0.25) is 0 Å². The molecule has 0 saturated heterocycles. The number of aromatic nitrogens is 3. The molecule has 0 spiro atoms. The molecular weight excluding hydrogens is 514 g/mol. The van der Waals surface area contributed by atoms with Crippen LogP contribution in [0.25, 0.3) is 5.82 Å². The van der Waals surface area contributed by atoms with E-state index in [4.69, 9.17) is 15.1 Å². The molecule has 5 aromatic rings. The highest BCUT2D eigenvalue weighted by atomic mass is 16.3. The molecule has 2 aromatic heterocycles. The molecule has 0 radical (unpaired) electrons. The van der Waals surface area contributed by atoms with Gasteiger partial charge in [0.2, 0.25) is 0 Å². The summed E-state index contributed by atoms with van der Waals surface area (Å²) in [6.45, 7) is 6.08. The maximum atomic E-state index is 10.6. The molecule has 0 aliphatic carbocycles. The van der Waals surface area contributed by atoms with Gasteiger partial charge >= 0.3 is 0 Å². The van der Waals surface area contributed by atoms with Crippen LogP contribution in [-0.2, 0) is 0 Å². The standard InChI is InChI=1S/C32H27N7O2/c1-18-14-19(2)16-22(15-18)34-30-32-36-31-28(20(3)37-39(31)27-10-6-7-13-33-27)29(21-11-12-25(40)26(41)17-21)38(32)24-9-5-4-8-23(24)35-30/h4-17,29,40-41H,1-3H3,(H,34,35)/t29-/m1/s1. The first-order valence-corrected chi connectivity index (χ1v) is 13.3. The lowest BCUT2D eigenvalue weighted by molar-refractivity contribution is 0.403. The van der Waals surface area contributed by atoms with Crippen molar-refractivity contribution in [3.8, 4) is 17.3 Å². The van der Waals surface area contributed by atoms with Gasteiger partial charge in [-0.05, 0) is 86.0 Å². The number of anilines is 2. The number of hydrogen-bond donors (Lipinski definition) is 3. The summed E-state index contributed by atoms with van der Waals surface area (Å²) in [5.41, 5.74) is 7.23. The average Bonchev–Trinajstić information content (AvgIpc) is 3.29. The third-order valence-corrected chi connectivity index (χ3v) is 7.30. The molecule has 4 heterocycles. The van der Waals surface area contributed by atoms with Crippen molar-refractivity contribution in [2.45, 2.75) is 26.8 Å². The first-order chi connectivity index (χ1) is 19.9. The minimum atomic E-state index is -0.436. The topological polar surface area (TPSA) is 111 Å². The first kappa shape index (κ1) is 24.6. The number of hydrogen-bond acceptors (Lipinski definition) is 8. The van der Waals surface area contributed by atoms with Gasteiger partial charge in [-0.15, -0.1) is 0 Å². The first-order valence-electron chi connectivity index (χ1n) is 13.3. The Kier molecular flexibility index (Phi) is 5.60. The van der Waals surface area contributed by atoms with Crippen LogP contribution in [0, 0.1) is 20.8 Å². The van der Waals surface area contributed by atoms with E-state index in [9.17, 15) is 10.2 Å². The number of para-hydroxylation sites is 2. The molecule has 0 amide bonds. The average molecular weight is 542 g/mol. The number of phenolic OH excluding ortho intramolecular Hbond substituents is 2. The molecule has 202 valence electrons. The summed E-state index contributed by atoms with van der Waals surface area (Å²) in [5, 5.41) is 29.1. The van der Waals surface area contributed by atoms with Crippen LogP contribution in [0.4, 0.5) is 22.9 Å². The van der Waals surface area contributed by atoms with Crippen molar-refractivity contribution < 1.29 is 10.2 Å². The number of aryl methyl sites for hydroxylation is 3. The summed E-state index contributed by atoms with van der Waals surface area (Å²) in [7, 11) is 0. The molecule has 0 bridgehead atoms. The summed E-state index contributed by atoms with van der Waals surface area (Å²) in [6, 6.07) is 24.3. The van der Waals surface area contributed by atoms with E-state index < -0.39 is 6.04 Å². The van der Waals surface area contributed by atoms with Crippen LogP contribution >= 0.6 is 0 Å². The van der Waals surface area contributed by atoms with E-state index in [1.165, 1.54) is 6.07 Å². The van der Waals surface area contributed by atoms with E-state index >= 15 is 0 Å². The Morgan fingerprint density at radius 1 is 0.805 bits per heavy atom. The summed E-state index contributed by atoms with van der Waals surface area (Å²) in [6.07, 6.45) is 1.72. The van der Waals surface area contributed by atoms with Gasteiger partial charge in [-0.2, -0.15) is 9.78 Å². The number of fused-ring (bicyclic) bond motifs is 4. The molecule has 0 saturated carbocycles. The Balaban J connectivity index is 1.50. The molecule has 9 nitrogen and oxygen atoms in total. The Bertz CT molecular complexity index is 1870. The number of amidine groups is 2. The molecule has 3 aromatic carbocycles. The number of rotatable bonds is 3. The van der Waals surface area contributed by atoms with Crippen LogP contribution in [0.1, 0.15) is 34.0 Å². The van der Waals surface area contributed by atoms with Gasteiger partial charge < -0.3 is 20.4 Å². The summed E-state index contributed by atoms with van der Waals surface area (Å²) in [4.78, 5) is 16.9. The molecule has 0 fully saturated rings. The molecular formula is C32H27N7O2. The van der Waals surface area contributed by atoms with Crippen LogP contribution in [-0.4, -0.2) is 36.6 Å². The van der Waals surface area contributed by atoms with E-state index in [-0.39, 0.29) is 11.5 Å². The minimum Gasteiger partial charge on any atom is -0.504 e. The maximum Gasteiger partial charge on any atom is 0.179 e. The maximum absolute atomic E-state index is 10.6. The van der Waals surface area contributed by atoms with Crippen molar-refractivity contribution >= 4 is 34.6 Å². The fraction of sp³-hybridized carbons (Fsp3) is 0.125. The molecule has 2 aliphatic rings. The molecule has 41 heavy (non-hydrogen) atoms. The second-order valence-electron chi connectivity index (χ2n) is 10.3. The molecule has 2 aliphatic heterocycles. The number of aromatic hydroxyl groups is 2. The lowest BCUT2D eigenvalue weighted by atomic mass is 9.93. The predicted octanol–water partition coefficient (Wildman–Crippen LogP) is 6.40. The van der Waals surface area contributed by atoms with Crippen molar-refractivity contribution in [3.05, 3.63) is 113 Å². The summed E-state index contributed by atoms with van der Waals surface area (Å²) >= 11 is 0. The highest BCUT2D eigenvalue weighted by Crippen LogP contribution is 2.49. The van der Waals surface area contributed by atoms with Gasteiger partial charge in [-0.25, -0.2) is 15.0 Å². The second kappa shape index (κ2) is 9.34. The fourth-order valence-electron chi connectivity index (χ4n) is 5.65. The largest absolute Gasteiger partial charge is 0.504 e. The van der Waals surface area contributed by atoms with Crippen molar-refractivity contribution in [2.75, 3.05) is 10.2 Å². The van der Waals surface area contributed by atoms with Crippen LogP contribution in [0.15, 0.2) is 95.0 Å². The smallest absolute Gasteiger partial charge is 0.179 e. The Morgan fingerprint density at radius 3 is 2.34 bits per heavy atom. The Hall–Kier alpha value is -5.44. The van der Waals surface area contributed by atoms with E-state index in [1.54, 1.807) is 16.9 Å². The van der Waals surface area contributed by atoms with E-state index in [2.05, 4.69) is 47.2 Å². The lowest BCUT2D eigenvalue weighted by Gasteiger charge is -2.40. The lowest BCUT2D eigenvalue weighted by Crippen LogP contribution is -2.46. The summed E-state index contributed by atoms with van der Waals surface area (Å²) < 4.78 is 1.75. The van der Waals surface area contributed by atoms with Gasteiger partial charge in [0.15, 0.2) is 34.8 Å². The van der Waals surface area contributed by atoms with E-state index in [1.807, 2.05) is 55.5 Å². The highest BCUT2D eigenvalue weighted by Gasteiger charge is 2.41. The zero-order valence-electron chi connectivity index (χ0n) is 22.7.